The van der Waals surface area contributed by atoms with E-state index in [0.717, 1.165) is 5.56 Å². The van der Waals surface area contributed by atoms with Gasteiger partial charge in [0.05, 0.1) is 12.4 Å². The van der Waals surface area contributed by atoms with Crippen LogP contribution in [0.4, 0.5) is 0 Å². The van der Waals surface area contributed by atoms with Gasteiger partial charge in [-0.25, -0.2) is 8.42 Å². The minimum absolute atomic E-state index is 0.174. The van der Waals surface area contributed by atoms with Gasteiger partial charge in [0.1, 0.15) is 5.75 Å². The fourth-order valence-corrected chi connectivity index (χ4v) is 3.29. The summed E-state index contributed by atoms with van der Waals surface area (Å²) < 4.78 is 28.4. The lowest BCUT2D eigenvalue weighted by Crippen LogP contribution is -2.18. The first-order valence-corrected chi connectivity index (χ1v) is 9.15. The highest BCUT2D eigenvalue weighted by Crippen LogP contribution is 2.22. The molecule has 0 heterocycles. The van der Waals surface area contributed by atoms with E-state index in [9.17, 15) is 8.42 Å². The van der Waals surface area contributed by atoms with Gasteiger partial charge >= 0.3 is 0 Å². The van der Waals surface area contributed by atoms with Gasteiger partial charge in [-0.05, 0) is 29.8 Å². The fraction of sp³-hybridized carbons (Fsp3) is 0.200. The van der Waals surface area contributed by atoms with Gasteiger partial charge in [-0.1, -0.05) is 41.9 Å². The van der Waals surface area contributed by atoms with Crippen molar-refractivity contribution in [2.75, 3.05) is 12.4 Å². The standard InChI is InChI=1S/C15H14Cl2O3S/c16-14-6-8-15(9-7-14)20-10-13(11-21(17,18)19)12-4-2-1-3-5-12/h1-9,13H,10-11H2. The predicted molar refractivity (Wildman–Crippen MR) is 85.8 cm³/mol. The number of ether oxygens (including phenoxy) is 1. The van der Waals surface area contributed by atoms with Gasteiger partial charge in [-0.15, -0.1) is 0 Å². The summed E-state index contributed by atoms with van der Waals surface area (Å²) in [5.74, 6) is 0.128. The van der Waals surface area contributed by atoms with Gasteiger partial charge in [0.2, 0.25) is 9.05 Å². The molecule has 0 aliphatic rings. The van der Waals surface area contributed by atoms with E-state index in [0.29, 0.717) is 10.8 Å². The number of benzene rings is 2. The molecule has 0 N–H and O–H groups in total. The molecule has 0 fully saturated rings. The molecule has 6 heteroatoms. The fourth-order valence-electron chi connectivity index (χ4n) is 1.93. The Morgan fingerprint density at radius 1 is 1.00 bits per heavy atom. The molecule has 0 radical (unpaired) electrons. The molecule has 0 saturated carbocycles. The maximum Gasteiger partial charge on any atom is 0.233 e. The van der Waals surface area contributed by atoms with Crippen molar-refractivity contribution in [3.8, 4) is 5.75 Å². The van der Waals surface area contributed by atoms with E-state index in [1.165, 1.54) is 0 Å². The average molecular weight is 345 g/mol. The molecule has 0 saturated heterocycles. The summed E-state index contributed by atoms with van der Waals surface area (Å²) in [6.45, 7) is 0.220. The SMILES string of the molecule is O=S(=O)(Cl)CC(COc1ccc(Cl)cc1)c1ccccc1. The maximum absolute atomic E-state index is 11.4. The Bertz CT molecular complexity index is 670. The Kier molecular flexibility index (Phi) is 5.51. The van der Waals surface area contributed by atoms with Crippen LogP contribution >= 0.6 is 22.3 Å². The van der Waals surface area contributed by atoms with Gasteiger partial charge < -0.3 is 4.74 Å². The van der Waals surface area contributed by atoms with E-state index in [1.807, 2.05) is 30.3 Å². The van der Waals surface area contributed by atoms with E-state index in [2.05, 4.69) is 0 Å². The summed E-state index contributed by atoms with van der Waals surface area (Å²) in [5, 5.41) is 0.616. The van der Waals surface area contributed by atoms with Gasteiger partial charge in [-0.2, -0.15) is 0 Å². The van der Waals surface area contributed by atoms with E-state index in [4.69, 9.17) is 27.0 Å². The number of rotatable bonds is 6. The molecular weight excluding hydrogens is 331 g/mol. The molecule has 0 aromatic heterocycles. The van der Waals surface area contributed by atoms with Crippen molar-refractivity contribution < 1.29 is 13.2 Å². The maximum atomic E-state index is 11.4. The molecule has 21 heavy (non-hydrogen) atoms. The van der Waals surface area contributed by atoms with E-state index in [1.54, 1.807) is 24.3 Å². The molecule has 1 atom stereocenters. The van der Waals surface area contributed by atoms with Crippen LogP contribution in [-0.4, -0.2) is 20.8 Å². The highest BCUT2D eigenvalue weighted by Gasteiger charge is 2.19. The van der Waals surface area contributed by atoms with Gasteiger partial charge in [0.15, 0.2) is 0 Å². The molecule has 0 bridgehead atoms. The minimum Gasteiger partial charge on any atom is -0.493 e. The van der Waals surface area contributed by atoms with Crippen LogP contribution in [0.2, 0.25) is 5.02 Å². The Morgan fingerprint density at radius 2 is 1.62 bits per heavy atom. The van der Waals surface area contributed by atoms with Crippen molar-refractivity contribution in [1.29, 1.82) is 0 Å². The zero-order valence-corrected chi connectivity index (χ0v) is 13.4. The monoisotopic (exact) mass is 344 g/mol. The van der Waals surface area contributed by atoms with Crippen molar-refractivity contribution in [2.24, 2.45) is 0 Å². The first-order chi connectivity index (χ1) is 9.94. The molecule has 2 rings (SSSR count). The molecule has 0 aliphatic heterocycles. The van der Waals surface area contributed by atoms with Crippen molar-refractivity contribution >= 4 is 31.3 Å². The van der Waals surface area contributed by atoms with Crippen LogP contribution in [-0.2, 0) is 9.05 Å². The molecular formula is C15H14Cl2O3S. The van der Waals surface area contributed by atoms with Gasteiger partial charge in [-0.3, -0.25) is 0 Å². The largest absolute Gasteiger partial charge is 0.493 e. The first-order valence-electron chi connectivity index (χ1n) is 6.30. The Hall–Kier alpha value is -1.23. The summed E-state index contributed by atoms with van der Waals surface area (Å²) in [6, 6.07) is 16.2. The third-order valence-corrected chi connectivity index (χ3v) is 4.37. The van der Waals surface area contributed by atoms with Crippen LogP contribution in [0.25, 0.3) is 0 Å². The number of hydrogen-bond acceptors (Lipinski definition) is 3. The van der Waals surface area contributed by atoms with Crippen molar-refractivity contribution in [3.63, 3.8) is 0 Å². The van der Waals surface area contributed by atoms with Crippen LogP contribution in [0.15, 0.2) is 54.6 Å². The summed E-state index contributed by atoms with van der Waals surface area (Å²) in [6.07, 6.45) is 0. The average Bonchev–Trinajstić information content (AvgIpc) is 2.45. The third kappa shape index (κ3) is 5.58. The Morgan fingerprint density at radius 3 is 2.19 bits per heavy atom. The number of hydrogen-bond donors (Lipinski definition) is 0. The molecule has 0 spiro atoms. The topological polar surface area (TPSA) is 43.4 Å². The summed E-state index contributed by atoms with van der Waals surface area (Å²) >= 11 is 5.81. The second kappa shape index (κ2) is 7.16. The highest BCUT2D eigenvalue weighted by atomic mass is 35.7. The molecule has 112 valence electrons. The summed E-state index contributed by atoms with van der Waals surface area (Å²) in [7, 11) is 1.77. The Balaban J connectivity index is 2.11. The van der Waals surface area contributed by atoms with E-state index < -0.39 is 9.05 Å². The zero-order chi connectivity index (χ0) is 15.3. The minimum atomic E-state index is -3.61. The highest BCUT2D eigenvalue weighted by molar-refractivity contribution is 8.13. The lowest BCUT2D eigenvalue weighted by atomic mass is 10.0. The van der Waals surface area contributed by atoms with Gasteiger partial charge in [0.25, 0.3) is 0 Å². The van der Waals surface area contributed by atoms with Crippen LogP contribution in [0.1, 0.15) is 11.5 Å². The molecule has 0 aliphatic carbocycles. The van der Waals surface area contributed by atoms with E-state index in [-0.39, 0.29) is 18.3 Å². The van der Waals surface area contributed by atoms with Crippen molar-refractivity contribution in [3.05, 3.63) is 65.2 Å². The molecule has 1 unspecified atom stereocenters. The molecule has 3 nitrogen and oxygen atoms in total. The van der Waals surface area contributed by atoms with Crippen molar-refractivity contribution in [2.45, 2.75) is 5.92 Å². The van der Waals surface area contributed by atoms with Crippen LogP contribution in [0, 0.1) is 0 Å². The quantitative estimate of drug-likeness (QED) is 0.741. The smallest absolute Gasteiger partial charge is 0.233 e. The zero-order valence-electron chi connectivity index (χ0n) is 11.1. The molecule has 2 aromatic rings. The van der Waals surface area contributed by atoms with Crippen molar-refractivity contribution in [1.82, 2.24) is 0 Å². The molecule has 2 aromatic carbocycles. The van der Waals surface area contributed by atoms with Crippen LogP contribution in [0.5, 0.6) is 5.75 Å². The van der Waals surface area contributed by atoms with Gasteiger partial charge in [0, 0.05) is 21.6 Å². The first kappa shape index (κ1) is 16.1. The van der Waals surface area contributed by atoms with Crippen LogP contribution < -0.4 is 4.74 Å². The predicted octanol–water partition coefficient (Wildman–Crippen LogP) is 4.07. The summed E-state index contributed by atoms with van der Waals surface area (Å²) in [4.78, 5) is 0. The summed E-state index contributed by atoms with van der Waals surface area (Å²) in [5.41, 5.74) is 0.871. The second-order valence-electron chi connectivity index (χ2n) is 4.58. The molecule has 0 amide bonds. The van der Waals surface area contributed by atoms with Crippen LogP contribution in [0.3, 0.4) is 0 Å². The lowest BCUT2D eigenvalue weighted by molar-refractivity contribution is 0.296. The Labute approximate surface area is 133 Å². The number of halogens is 2. The second-order valence-corrected chi connectivity index (χ2v) is 7.84. The lowest BCUT2D eigenvalue weighted by Gasteiger charge is -2.17. The normalized spacial score (nSPS) is 12.9. The van der Waals surface area contributed by atoms with E-state index >= 15 is 0 Å². The third-order valence-electron chi connectivity index (χ3n) is 2.94.